The summed E-state index contributed by atoms with van der Waals surface area (Å²) in [6.07, 6.45) is 3.11. The van der Waals surface area contributed by atoms with Gasteiger partial charge in [-0.3, -0.25) is 9.59 Å². The van der Waals surface area contributed by atoms with Gasteiger partial charge in [-0.25, -0.2) is 13.4 Å². The normalized spacial score (nSPS) is 14.2. The van der Waals surface area contributed by atoms with Crippen molar-refractivity contribution in [1.82, 2.24) is 9.29 Å². The number of carbonyl (C=O) groups is 2. The molecule has 1 aliphatic heterocycles. The van der Waals surface area contributed by atoms with Crippen LogP contribution in [0.2, 0.25) is 0 Å². The summed E-state index contributed by atoms with van der Waals surface area (Å²) < 4.78 is 26.6. The van der Waals surface area contributed by atoms with Gasteiger partial charge in [0.1, 0.15) is 4.90 Å². The second-order valence-electron chi connectivity index (χ2n) is 7.55. The van der Waals surface area contributed by atoms with Crippen LogP contribution in [0.1, 0.15) is 33.6 Å². The van der Waals surface area contributed by atoms with Gasteiger partial charge in [-0.05, 0) is 61.4 Å². The highest BCUT2D eigenvalue weighted by molar-refractivity contribution is 7.99. The van der Waals surface area contributed by atoms with Gasteiger partial charge in [-0.15, -0.1) is 0 Å². The third kappa shape index (κ3) is 5.68. The Hall–Kier alpha value is -3.01. The maximum atomic E-state index is 12.6. The molecule has 9 heteroatoms. The number of nitrogens with zero attached hydrogens (tertiary/aromatic N) is 2. The minimum absolute atomic E-state index is 0.0866. The van der Waals surface area contributed by atoms with Gasteiger partial charge in [0.25, 0.3) is 5.91 Å². The molecule has 1 N–H and O–H groups in total. The van der Waals surface area contributed by atoms with E-state index in [0.717, 1.165) is 12.8 Å². The van der Waals surface area contributed by atoms with E-state index in [1.807, 2.05) is 6.07 Å². The topological polar surface area (TPSA) is 96.4 Å². The molecule has 1 saturated heterocycles. The first-order chi connectivity index (χ1) is 15.9. The van der Waals surface area contributed by atoms with Gasteiger partial charge in [0.15, 0.2) is 5.78 Å². The van der Waals surface area contributed by atoms with Crippen LogP contribution in [0.15, 0.2) is 82.8 Å². The van der Waals surface area contributed by atoms with Crippen LogP contribution in [0.3, 0.4) is 0 Å². The highest BCUT2D eigenvalue weighted by Crippen LogP contribution is 2.23. The lowest BCUT2D eigenvalue weighted by Crippen LogP contribution is -2.27. The average molecular weight is 482 g/mol. The van der Waals surface area contributed by atoms with Gasteiger partial charge in [0, 0.05) is 36.1 Å². The zero-order valence-electron chi connectivity index (χ0n) is 17.8. The van der Waals surface area contributed by atoms with Crippen LogP contribution >= 0.6 is 11.8 Å². The van der Waals surface area contributed by atoms with Crippen LogP contribution in [0.4, 0.5) is 5.69 Å². The summed E-state index contributed by atoms with van der Waals surface area (Å²) in [5.41, 5.74) is 1.68. The van der Waals surface area contributed by atoms with Crippen molar-refractivity contribution in [2.24, 2.45) is 0 Å². The number of pyridine rings is 1. The number of rotatable bonds is 8. The Morgan fingerprint density at radius 1 is 0.909 bits per heavy atom. The number of sulfonamides is 1. The maximum absolute atomic E-state index is 12.6. The number of hydrogen-bond donors (Lipinski definition) is 1. The van der Waals surface area contributed by atoms with Gasteiger partial charge in [0.05, 0.1) is 10.8 Å². The predicted molar refractivity (Wildman–Crippen MR) is 128 cm³/mol. The number of hydrogen-bond acceptors (Lipinski definition) is 6. The molecule has 1 aromatic heterocycles. The minimum atomic E-state index is -3.50. The van der Waals surface area contributed by atoms with Gasteiger partial charge in [0.2, 0.25) is 10.0 Å². The summed E-state index contributed by atoms with van der Waals surface area (Å²) >= 11 is 1.25. The third-order valence-corrected chi connectivity index (χ3v) is 8.09. The lowest BCUT2D eigenvalue weighted by Gasteiger charge is -2.15. The first-order valence-corrected chi connectivity index (χ1v) is 12.9. The number of amides is 1. The van der Waals surface area contributed by atoms with Crippen molar-refractivity contribution in [3.63, 3.8) is 0 Å². The fourth-order valence-electron chi connectivity index (χ4n) is 3.44. The van der Waals surface area contributed by atoms with Crippen molar-refractivity contribution in [3.05, 3.63) is 84.1 Å². The molecule has 1 aliphatic rings. The molecule has 4 rings (SSSR count). The SMILES string of the molecule is O=C(CSc1ccc(S(=O)(=O)N2CCCC2)cn1)c1ccc(NC(=O)c2ccccc2)cc1. The number of Topliss-reactive ketones (excluding diaryl/α,β-unsaturated/α-hetero) is 1. The molecule has 0 radical (unpaired) electrons. The summed E-state index contributed by atoms with van der Waals surface area (Å²) in [6.45, 7) is 1.09. The van der Waals surface area contributed by atoms with E-state index in [2.05, 4.69) is 10.3 Å². The monoisotopic (exact) mass is 481 g/mol. The number of anilines is 1. The van der Waals surface area contributed by atoms with E-state index in [-0.39, 0.29) is 22.3 Å². The van der Waals surface area contributed by atoms with E-state index >= 15 is 0 Å². The molecule has 33 heavy (non-hydrogen) atoms. The Bertz CT molecular complexity index is 1220. The second-order valence-corrected chi connectivity index (χ2v) is 10.5. The first-order valence-electron chi connectivity index (χ1n) is 10.5. The van der Waals surface area contributed by atoms with Gasteiger partial charge < -0.3 is 5.32 Å². The Morgan fingerprint density at radius 3 is 2.24 bits per heavy atom. The van der Waals surface area contributed by atoms with E-state index in [1.165, 1.54) is 28.3 Å². The molecule has 1 fully saturated rings. The van der Waals surface area contributed by atoms with Crippen LogP contribution in [-0.2, 0) is 10.0 Å². The van der Waals surface area contributed by atoms with E-state index in [1.54, 1.807) is 54.6 Å². The Morgan fingerprint density at radius 2 is 1.61 bits per heavy atom. The lowest BCUT2D eigenvalue weighted by atomic mass is 10.1. The van der Waals surface area contributed by atoms with Crippen molar-refractivity contribution < 1.29 is 18.0 Å². The summed E-state index contributed by atoms with van der Waals surface area (Å²) in [5, 5.41) is 3.38. The van der Waals surface area contributed by atoms with Gasteiger partial charge >= 0.3 is 0 Å². The molecule has 0 bridgehead atoms. The first kappa shape index (κ1) is 23.2. The number of aromatic nitrogens is 1. The van der Waals surface area contributed by atoms with Crippen molar-refractivity contribution in [2.75, 3.05) is 24.2 Å². The Kier molecular flexibility index (Phi) is 7.22. The molecule has 1 amide bonds. The van der Waals surface area contributed by atoms with E-state index < -0.39 is 10.0 Å². The smallest absolute Gasteiger partial charge is 0.255 e. The lowest BCUT2D eigenvalue weighted by molar-refractivity contribution is 0.101. The quantitative estimate of drug-likeness (QED) is 0.384. The summed E-state index contributed by atoms with van der Waals surface area (Å²) in [4.78, 5) is 29.1. The standard InChI is InChI=1S/C24H23N3O4S2/c28-22(18-8-10-20(11-9-18)26-24(29)19-6-2-1-3-7-19)17-32-23-13-12-21(16-25-23)33(30,31)27-14-4-5-15-27/h1-3,6-13,16H,4-5,14-15,17H2,(H,26,29). The summed E-state index contributed by atoms with van der Waals surface area (Å²) in [7, 11) is -3.50. The largest absolute Gasteiger partial charge is 0.322 e. The van der Waals surface area contributed by atoms with Crippen molar-refractivity contribution in [2.45, 2.75) is 22.8 Å². The van der Waals surface area contributed by atoms with Crippen LogP contribution in [0.25, 0.3) is 0 Å². The number of benzene rings is 2. The number of thioether (sulfide) groups is 1. The van der Waals surface area contributed by atoms with Crippen molar-refractivity contribution >= 4 is 39.2 Å². The highest BCUT2D eigenvalue weighted by atomic mass is 32.2. The molecular formula is C24H23N3O4S2. The van der Waals surface area contributed by atoms with Crippen LogP contribution < -0.4 is 5.32 Å². The van der Waals surface area contributed by atoms with Crippen molar-refractivity contribution in [1.29, 1.82) is 0 Å². The maximum Gasteiger partial charge on any atom is 0.255 e. The second kappa shape index (κ2) is 10.3. The van der Waals surface area contributed by atoms with E-state index in [4.69, 9.17) is 0 Å². The fourth-order valence-corrected chi connectivity index (χ4v) is 5.64. The van der Waals surface area contributed by atoms with Crippen LogP contribution in [0, 0.1) is 0 Å². The molecular weight excluding hydrogens is 458 g/mol. The molecule has 0 saturated carbocycles. The molecule has 0 aliphatic carbocycles. The van der Waals surface area contributed by atoms with Crippen LogP contribution in [-0.4, -0.2) is 48.2 Å². The molecule has 3 aromatic rings. The zero-order chi connectivity index (χ0) is 23.3. The zero-order valence-corrected chi connectivity index (χ0v) is 19.4. The highest BCUT2D eigenvalue weighted by Gasteiger charge is 2.27. The minimum Gasteiger partial charge on any atom is -0.322 e. The Balaban J connectivity index is 1.32. The third-order valence-electron chi connectivity index (χ3n) is 5.26. The number of carbonyl (C=O) groups excluding carboxylic acids is 2. The average Bonchev–Trinajstić information content (AvgIpc) is 3.40. The van der Waals surface area contributed by atoms with E-state index in [0.29, 0.717) is 34.9 Å². The molecule has 0 unspecified atom stereocenters. The fraction of sp³-hybridized carbons (Fsp3) is 0.208. The molecule has 2 aromatic carbocycles. The summed E-state index contributed by atoms with van der Waals surface area (Å²) in [5.74, 6) is -0.135. The number of ketones is 1. The summed E-state index contributed by atoms with van der Waals surface area (Å²) in [6, 6.07) is 18.8. The van der Waals surface area contributed by atoms with Crippen LogP contribution in [0.5, 0.6) is 0 Å². The molecule has 0 atom stereocenters. The molecule has 170 valence electrons. The molecule has 2 heterocycles. The van der Waals surface area contributed by atoms with Crippen molar-refractivity contribution in [3.8, 4) is 0 Å². The number of nitrogens with one attached hydrogen (secondary N) is 1. The molecule has 7 nitrogen and oxygen atoms in total. The van der Waals surface area contributed by atoms with Gasteiger partial charge in [-0.2, -0.15) is 4.31 Å². The Labute approximate surface area is 197 Å². The molecule has 0 spiro atoms. The predicted octanol–water partition coefficient (Wildman–Crippen LogP) is 4.09. The van der Waals surface area contributed by atoms with Gasteiger partial charge in [-0.1, -0.05) is 30.0 Å². The van der Waals surface area contributed by atoms with E-state index in [9.17, 15) is 18.0 Å².